The Morgan fingerprint density at radius 1 is 0.968 bits per heavy atom. The molecule has 16 heteroatoms. The van der Waals surface area contributed by atoms with E-state index in [-0.39, 0.29) is 0 Å². The molecule has 1 amide bonds. The summed E-state index contributed by atoms with van der Waals surface area (Å²) in [7, 11) is 0. The smallest absolute Gasteiger partial charge is 0.412 e. The number of esters is 1. The highest BCUT2D eigenvalue weighted by Crippen LogP contribution is 2.41. The van der Waals surface area contributed by atoms with Crippen LogP contribution in [0.25, 0.3) is 0 Å². The zero-order valence-electron chi connectivity index (χ0n) is 15.2. The number of alkyl halides is 10. The summed E-state index contributed by atoms with van der Waals surface area (Å²) in [5.41, 5.74) is -2.41. The largest absolute Gasteiger partial charge is 0.466 e. The number of thiol groups is 1. The molecule has 0 saturated carbocycles. The van der Waals surface area contributed by atoms with Gasteiger partial charge in [0.05, 0.1) is 6.61 Å². The highest BCUT2D eigenvalue weighted by atomic mass is 32.1. The highest BCUT2D eigenvalue weighted by molar-refractivity contribution is 7.81. The van der Waals surface area contributed by atoms with E-state index in [0.29, 0.717) is 6.20 Å². The number of rotatable bonds is 11. The molecular formula is C15H15F10NO4S. The van der Waals surface area contributed by atoms with Gasteiger partial charge in [-0.25, -0.2) is 4.79 Å². The fourth-order valence-corrected chi connectivity index (χ4v) is 1.83. The molecule has 0 aromatic rings. The van der Waals surface area contributed by atoms with E-state index in [1.54, 1.807) is 0 Å². The average Bonchev–Trinajstić information content (AvgIpc) is 2.56. The van der Waals surface area contributed by atoms with Crippen molar-refractivity contribution in [1.29, 1.82) is 0 Å². The van der Waals surface area contributed by atoms with Crippen LogP contribution in [0.15, 0.2) is 24.9 Å². The Balaban J connectivity index is 5.60. The van der Waals surface area contributed by atoms with Gasteiger partial charge in [0, 0.05) is 6.42 Å². The molecule has 0 heterocycles. The van der Waals surface area contributed by atoms with Gasteiger partial charge in [-0.15, -0.1) is 0 Å². The van der Waals surface area contributed by atoms with Gasteiger partial charge in [0.2, 0.25) is 0 Å². The van der Waals surface area contributed by atoms with Crippen molar-refractivity contribution in [3.8, 4) is 0 Å². The summed E-state index contributed by atoms with van der Waals surface area (Å²) in [5.74, 6) is -14.3. The van der Waals surface area contributed by atoms with E-state index in [1.165, 1.54) is 5.32 Å². The number of carbonyl (C=O) groups excluding carboxylic acids is 2. The van der Waals surface area contributed by atoms with Crippen molar-refractivity contribution < 1.29 is 63.0 Å². The third kappa shape index (κ3) is 7.59. The maximum absolute atomic E-state index is 13.5. The van der Waals surface area contributed by atoms with Gasteiger partial charge in [0.1, 0.15) is 5.57 Å². The van der Waals surface area contributed by atoms with Crippen molar-refractivity contribution in [3.63, 3.8) is 0 Å². The van der Waals surface area contributed by atoms with Crippen LogP contribution < -0.4 is 5.32 Å². The number of hydrogen-bond acceptors (Lipinski definition) is 5. The van der Waals surface area contributed by atoms with E-state index < -0.39 is 72.6 Å². The normalized spacial score (nSPS) is 15.1. The minimum absolute atomic E-state index is 0.355. The van der Waals surface area contributed by atoms with Crippen molar-refractivity contribution in [3.05, 3.63) is 24.9 Å². The fraction of sp³-hybridized carbons (Fsp3) is 0.600. The molecule has 0 aromatic heterocycles. The van der Waals surface area contributed by atoms with Gasteiger partial charge in [-0.1, -0.05) is 25.8 Å². The summed E-state index contributed by atoms with van der Waals surface area (Å²) in [5, 5.41) is -3.41. The van der Waals surface area contributed by atoms with Gasteiger partial charge in [-0.2, -0.15) is 43.9 Å². The summed E-state index contributed by atoms with van der Waals surface area (Å²) >= 11 is 2.39. The molecule has 1 unspecified atom stereocenters. The Kier molecular flexibility index (Phi) is 9.46. The molecule has 5 nitrogen and oxygen atoms in total. The monoisotopic (exact) mass is 495 g/mol. The Morgan fingerprint density at radius 3 is 1.87 bits per heavy atom. The minimum Gasteiger partial charge on any atom is -0.412 e. The van der Waals surface area contributed by atoms with Gasteiger partial charge in [0.15, 0.2) is 0 Å². The molecule has 0 aliphatic heterocycles. The van der Waals surface area contributed by atoms with Crippen LogP contribution in [0, 0.1) is 0 Å². The van der Waals surface area contributed by atoms with Crippen LogP contribution in [-0.2, 0) is 19.1 Å². The standard InChI is InChI=1S/C15H15F10NO4S/c1-3-26-10(28)12(14(21,22)23,30-9(27)8(2)13(18,19)20)29-7-5-4-6-11(16,17)15(24,25)31/h3,31H,1-2,4-7H2,(H,26,28). The van der Waals surface area contributed by atoms with Gasteiger partial charge in [0.25, 0.3) is 0 Å². The fourth-order valence-electron chi connectivity index (χ4n) is 1.72. The summed E-state index contributed by atoms with van der Waals surface area (Å²) in [4.78, 5) is 23.3. The first kappa shape index (κ1) is 29.0. The Morgan fingerprint density at radius 2 is 1.48 bits per heavy atom. The summed E-state index contributed by atoms with van der Waals surface area (Å²) in [6.07, 6.45) is -14.4. The molecule has 31 heavy (non-hydrogen) atoms. The lowest BCUT2D eigenvalue weighted by molar-refractivity contribution is -0.347. The molecule has 0 spiro atoms. The molecule has 0 aliphatic carbocycles. The topological polar surface area (TPSA) is 64.6 Å². The summed E-state index contributed by atoms with van der Waals surface area (Å²) in [6, 6.07) is 0. The van der Waals surface area contributed by atoms with Gasteiger partial charge >= 0.3 is 41.2 Å². The van der Waals surface area contributed by atoms with Gasteiger partial charge in [-0.3, -0.25) is 4.79 Å². The zero-order valence-corrected chi connectivity index (χ0v) is 16.1. The second-order valence-electron chi connectivity index (χ2n) is 5.71. The van der Waals surface area contributed by atoms with Crippen LogP contribution in [0.2, 0.25) is 0 Å². The first-order valence-electron chi connectivity index (χ1n) is 7.83. The maximum Gasteiger partial charge on any atom is 0.466 e. The Bertz CT molecular complexity index is 687. The van der Waals surface area contributed by atoms with Crippen LogP contribution in [0.5, 0.6) is 0 Å². The zero-order chi connectivity index (χ0) is 24.9. The van der Waals surface area contributed by atoms with Crippen molar-refractivity contribution in [1.82, 2.24) is 5.32 Å². The number of amides is 1. The highest BCUT2D eigenvalue weighted by Gasteiger charge is 2.67. The van der Waals surface area contributed by atoms with E-state index in [4.69, 9.17) is 0 Å². The SMILES string of the molecule is C=CNC(=O)C(OCCCCC(F)(F)C(F)(F)S)(OC(=O)C(=C)C(F)(F)F)C(F)(F)F. The third-order valence-corrected chi connectivity index (χ3v) is 3.69. The molecule has 1 N–H and O–H groups in total. The molecule has 0 saturated heterocycles. The molecule has 0 fully saturated rings. The van der Waals surface area contributed by atoms with Crippen LogP contribution in [-0.4, -0.2) is 47.8 Å². The van der Waals surface area contributed by atoms with Crippen molar-refractivity contribution in [2.45, 2.75) is 48.6 Å². The number of nitrogens with one attached hydrogen (secondary N) is 1. The van der Waals surface area contributed by atoms with Crippen LogP contribution >= 0.6 is 12.6 Å². The number of hydrogen-bond donors (Lipinski definition) is 2. The molecule has 180 valence electrons. The molecule has 0 bridgehead atoms. The lowest BCUT2D eigenvalue weighted by Gasteiger charge is -2.33. The average molecular weight is 495 g/mol. The molecule has 0 aliphatic rings. The van der Waals surface area contributed by atoms with Crippen molar-refractivity contribution >= 4 is 24.5 Å². The Labute approximate surface area is 173 Å². The predicted octanol–water partition coefficient (Wildman–Crippen LogP) is 4.51. The quantitative estimate of drug-likeness (QED) is 0.111. The van der Waals surface area contributed by atoms with Crippen LogP contribution in [0.1, 0.15) is 19.3 Å². The van der Waals surface area contributed by atoms with E-state index in [2.05, 4.69) is 35.3 Å². The lowest BCUT2D eigenvalue weighted by atomic mass is 10.1. The molecule has 0 rings (SSSR count). The number of halogens is 10. The van der Waals surface area contributed by atoms with Gasteiger partial charge in [-0.05, 0) is 19.0 Å². The molecule has 1 atom stereocenters. The number of carbonyl (C=O) groups is 2. The number of ether oxygens (including phenoxy) is 2. The first-order chi connectivity index (χ1) is 13.7. The first-order valence-corrected chi connectivity index (χ1v) is 8.27. The van der Waals surface area contributed by atoms with Crippen LogP contribution in [0.4, 0.5) is 43.9 Å². The van der Waals surface area contributed by atoms with E-state index in [0.717, 1.165) is 0 Å². The summed E-state index contributed by atoms with van der Waals surface area (Å²) in [6.45, 7) is 3.76. The predicted molar refractivity (Wildman–Crippen MR) is 87.1 cm³/mol. The lowest BCUT2D eigenvalue weighted by Crippen LogP contribution is -2.61. The van der Waals surface area contributed by atoms with Crippen molar-refractivity contribution in [2.75, 3.05) is 6.61 Å². The van der Waals surface area contributed by atoms with E-state index >= 15 is 0 Å². The van der Waals surface area contributed by atoms with E-state index in [1.807, 2.05) is 0 Å². The van der Waals surface area contributed by atoms with Gasteiger partial charge < -0.3 is 14.8 Å². The Hall–Kier alpha value is -1.97. The third-order valence-electron chi connectivity index (χ3n) is 3.36. The summed E-state index contributed by atoms with van der Waals surface area (Å²) < 4.78 is 137. The second kappa shape index (κ2) is 10.1. The van der Waals surface area contributed by atoms with Crippen molar-refractivity contribution in [2.24, 2.45) is 0 Å². The molecular weight excluding hydrogens is 480 g/mol. The minimum atomic E-state index is -5.97. The number of unbranched alkanes of at least 4 members (excludes halogenated alkanes) is 1. The second-order valence-corrected chi connectivity index (χ2v) is 6.27. The van der Waals surface area contributed by atoms with Crippen LogP contribution in [0.3, 0.4) is 0 Å². The molecule has 0 radical (unpaired) electrons. The maximum atomic E-state index is 13.5. The molecule has 0 aromatic carbocycles. The van der Waals surface area contributed by atoms with E-state index in [9.17, 15) is 53.5 Å².